The molecule has 0 fully saturated rings. The van der Waals surface area contributed by atoms with Crippen molar-refractivity contribution in [3.8, 4) is 0 Å². The van der Waals surface area contributed by atoms with E-state index in [4.69, 9.17) is 0 Å². The van der Waals surface area contributed by atoms with Gasteiger partial charge in [0.1, 0.15) is 0 Å². The molecule has 0 heterocycles. The normalized spacial score (nSPS) is 12.5. The second-order valence-corrected chi connectivity index (χ2v) is 8.52. The summed E-state index contributed by atoms with van der Waals surface area (Å²) in [7, 11) is 0. The molecule has 2 N–H and O–H groups in total. The molecule has 3 aromatic rings. The van der Waals surface area contributed by atoms with Gasteiger partial charge in [0.2, 0.25) is 5.91 Å². The lowest BCUT2D eigenvalue weighted by atomic mass is 9.89. The molecule has 0 radical (unpaired) electrons. The number of hydrogen-bond acceptors (Lipinski definition) is 2. The second kappa shape index (κ2) is 10.0. The van der Waals surface area contributed by atoms with Gasteiger partial charge in [0, 0.05) is 30.3 Å². The van der Waals surface area contributed by atoms with Crippen molar-refractivity contribution in [1.82, 2.24) is 5.32 Å². The van der Waals surface area contributed by atoms with Crippen molar-refractivity contribution in [2.24, 2.45) is 0 Å². The van der Waals surface area contributed by atoms with Gasteiger partial charge in [0.15, 0.2) is 0 Å². The predicted molar refractivity (Wildman–Crippen MR) is 125 cm³/mol. The summed E-state index contributed by atoms with van der Waals surface area (Å²) in [5, 5.41) is 6.43. The van der Waals surface area contributed by atoms with Gasteiger partial charge in [-0.05, 0) is 52.9 Å². The van der Waals surface area contributed by atoms with E-state index in [0.29, 0.717) is 22.9 Å². The van der Waals surface area contributed by atoms with Gasteiger partial charge >= 0.3 is 18.0 Å². The van der Waals surface area contributed by atoms with E-state index < -0.39 is 29.5 Å². The van der Waals surface area contributed by atoms with E-state index in [9.17, 15) is 40.3 Å². The van der Waals surface area contributed by atoms with E-state index in [1.165, 1.54) is 26.8 Å². The van der Waals surface area contributed by atoms with Gasteiger partial charge in [0.25, 0.3) is 5.91 Å². The van der Waals surface area contributed by atoms with Gasteiger partial charge in [-0.15, -0.1) is 0 Å². The number of benzene rings is 3. The monoisotopic (exact) mass is 528 g/mol. The average molecular weight is 528 g/mol. The highest BCUT2D eigenvalue weighted by atomic mass is 19.4. The maximum Gasteiger partial charge on any atom is 0.435 e. The zero-order valence-corrected chi connectivity index (χ0v) is 20.0. The van der Waals surface area contributed by atoms with Crippen LogP contribution in [-0.2, 0) is 23.4 Å². The van der Waals surface area contributed by atoms with E-state index in [-0.39, 0.29) is 41.3 Å². The maximum atomic E-state index is 14.7. The summed E-state index contributed by atoms with van der Waals surface area (Å²) in [5.41, 5.74) is -6.51. The third-order valence-electron chi connectivity index (χ3n) is 6.00. The van der Waals surface area contributed by atoms with Crippen molar-refractivity contribution in [3.05, 3.63) is 76.3 Å². The second-order valence-electron chi connectivity index (χ2n) is 8.52. The highest BCUT2D eigenvalue weighted by molar-refractivity contribution is 6.14. The van der Waals surface area contributed by atoms with Crippen LogP contribution in [0.2, 0.25) is 0 Å². The van der Waals surface area contributed by atoms with E-state index in [1.807, 2.05) is 0 Å². The molecule has 3 aromatic carbocycles. The molecule has 0 saturated carbocycles. The Morgan fingerprint density at radius 3 is 1.97 bits per heavy atom. The number of nitrogens with one attached hydrogen (secondary N) is 2. The SMILES string of the molecule is CCc1cc(C(F)(C(F)(F)F)C(F)(F)F)cc(C)c1NC(=O)c1ccc(CNC(C)=O)c2ccccc12. The molecule has 11 heteroatoms. The van der Waals surface area contributed by atoms with Crippen LogP contribution < -0.4 is 10.6 Å². The Morgan fingerprint density at radius 1 is 0.838 bits per heavy atom. The summed E-state index contributed by atoms with van der Waals surface area (Å²) in [5.74, 6) is -0.906. The van der Waals surface area contributed by atoms with Crippen LogP contribution in [0.4, 0.5) is 36.4 Å². The minimum atomic E-state index is -6.24. The minimum absolute atomic E-state index is 0.00523. The van der Waals surface area contributed by atoms with Crippen LogP contribution in [0.3, 0.4) is 0 Å². The van der Waals surface area contributed by atoms with Crippen molar-refractivity contribution >= 4 is 28.3 Å². The van der Waals surface area contributed by atoms with Gasteiger partial charge in [-0.2, -0.15) is 26.3 Å². The van der Waals surface area contributed by atoms with Gasteiger partial charge in [-0.25, -0.2) is 4.39 Å². The first-order chi connectivity index (χ1) is 17.1. The lowest BCUT2D eigenvalue weighted by Gasteiger charge is -2.31. The Bertz CT molecular complexity index is 1330. The maximum absolute atomic E-state index is 14.7. The van der Waals surface area contributed by atoms with Gasteiger partial charge in [-0.3, -0.25) is 9.59 Å². The van der Waals surface area contributed by atoms with Crippen molar-refractivity contribution in [2.45, 2.75) is 51.8 Å². The fourth-order valence-electron chi connectivity index (χ4n) is 4.12. The largest absolute Gasteiger partial charge is 0.435 e. The summed E-state index contributed by atoms with van der Waals surface area (Å²) >= 11 is 0. The highest BCUT2D eigenvalue weighted by Gasteiger charge is 2.73. The van der Waals surface area contributed by atoms with Crippen LogP contribution in [0.1, 0.15) is 46.5 Å². The summed E-state index contributed by atoms with van der Waals surface area (Å²) in [4.78, 5) is 24.5. The number of hydrogen-bond donors (Lipinski definition) is 2. The molecule has 2 amide bonds. The lowest BCUT2D eigenvalue weighted by Crippen LogP contribution is -2.50. The molecular weight excluding hydrogens is 505 g/mol. The van der Waals surface area contributed by atoms with Gasteiger partial charge in [0.05, 0.1) is 0 Å². The quantitative estimate of drug-likeness (QED) is 0.343. The molecule has 0 aliphatic rings. The van der Waals surface area contributed by atoms with E-state index >= 15 is 0 Å². The molecule has 3 rings (SSSR count). The summed E-state index contributed by atoms with van der Waals surface area (Å²) in [6.07, 6.45) is -12.6. The topological polar surface area (TPSA) is 58.2 Å². The molecule has 37 heavy (non-hydrogen) atoms. The smallest absolute Gasteiger partial charge is 0.352 e. The summed E-state index contributed by atoms with van der Waals surface area (Å²) in [6, 6.07) is 10.9. The van der Waals surface area contributed by atoms with Crippen molar-refractivity contribution in [2.75, 3.05) is 5.32 Å². The van der Waals surface area contributed by atoms with E-state index in [1.54, 1.807) is 30.3 Å². The molecule has 0 saturated heterocycles. The molecule has 0 aromatic heterocycles. The van der Waals surface area contributed by atoms with Gasteiger partial charge in [-0.1, -0.05) is 43.3 Å². The van der Waals surface area contributed by atoms with Crippen LogP contribution >= 0.6 is 0 Å². The number of anilines is 1. The third kappa shape index (κ3) is 5.26. The summed E-state index contributed by atoms with van der Waals surface area (Å²) < 4.78 is 94.3. The van der Waals surface area contributed by atoms with Crippen LogP contribution in [-0.4, -0.2) is 24.2 Å². The van der Waals surface area contributed by atoms with Crippen LogP contribution in [0.5, 0.6) is 0 Å². The first kappa shape index (κ1) is 27.9. The van der Waals surface area contributed by atoms with Crippen LogP contribution in [0.25, 0.3) is 10.8 Å². The Morgan fingerprint density at radius 2 is 1.43 bits per heavy atom. The number of halogens is 7. The minimum Gasteiger partial charge on any atom is -0.352 e. The Kier molecular flexibility index (Phi) is 7.57. The zero-order chi connectivity index (χ0) is 27.8. The number of aryl methyl sites for hydroxylation is 2. The Balaban J connectivity index is 2.06. The van der Waals surface area contributed by atoms with E-state index in [2.05, 4.69) is 10.6 Å². The molecular formula is C26H23F7N2O2. The number of alkyl halides is 7. The van der Waals surface area contributed by atoms with Crippen molar-refractivity contribution in [1.29, 1.82) is 0 Å². The fourth-order valence-corrected chi connectivity index (χ4v) is 4.12. The third-order valence-corrected chi connectivity index (χ3v) is 6.00. The molecule has 198 valence electrons. The highest BCUT2D eigenvalue weighted by Crippen LogP contribution is 2.54. The molecule has 0 spiro atoms. The summed E-state index contributed by atoms with van der Waals surface area (Å²) in [6.45, 7) is 4.22. The molecule has 0 unspecified atom stereocenters. The molecule has 0 atom stereocenters. The zero-order valence-electron chi connectivity index (χ0n) is 20.0. The van der Waals surface area contributed by atoms with Crippen LogP contribution in [0, 0.1) is 6.92 Å². The number of carbonyl (C=O) groups is 2. The average Bonchev–Trinajstić information content (AvgIpc) is 2.81. The fraction of sp³-hybridized carbons (Fsp3) is 0.308. The Hall–Kier alpha value is -3.63. The molecule has 0 aliphatic carbocycles. The molecule has 0 bridgehead atoms. The molecule has 0 aliphatic heterocycles. The van der Waals surface area contributed by atoms with Crippen LogP contribution in [0.15, 0.2) is 48.5 Å². The Labute approximate surface area is 207 Å². The number of amides is 2. The first-order valence-corrected chi connectivity index (χ1v) is 11.1. The number of rotatable bonds is 6. The van der Waals surface area contributed by atoms with Gasteiger partial charge < -0.3 is 10.6 Å². The molecule has 4 nitrogen and oxygen atoms in total. The van der Waals surface area contributed by atoms with Crippen molar-refractivity contribution in [3.63, 3.8) is 0 Å². The predicted octanol–water partition coefficient (Wildman–Crippen LogP) is 6.89. The lowest BCUT2D eigenvalue weighted by molar-refractivity contribution is -0.348. The number of fused-ring (bicyclic) bond motifs is 1. The number of carbonyl (C=O) groups excluding carboxylic acids is 2. The first-order valence-electron chi connectivity index (χ1n) is 11.1. The standard InChI is InChI=1S/C26H23F7N2O2/c1-4-16-12-18(24(27,25(28,29)30)26(31,32)33)11-14(2)22(16)35-23(37)21-10-9-17(13-34-15(3)36)19-7-5-6-8-20(19)21/h5-12H,4,13H2,1-3H3,(H,34,36)(H,35,37). The van der Waals surface area contributed by atoms with Crippen molar-refractivity contribution < 1.29 is 40.3 Å². The van der Waals surface area contributed by atoms with E-state index in [0.717, 1.165) is 5.56 Å².